The fourth-order valence-corrected chi connectivity index (χ4v) is 3.07. The van der Waals surface area contributed by atoms with E-state index in [4.69, 9.17) is 23.4 Å². The molecule has 32 heavy (non-hydrogen) atoms. The minimum Gasteiger partial charge on any atom is -0.493 e. The van der Waals surface area contributed by atoms with Gasteiger partial charge in [-0.15, -0.1) is 0 Å². The van der Waals surface area contributed by atoms with E-state index in [-0.39, 0.29) is 6.61 Å². The Hall–Kier alpha value is -3.48. The number of rotatable bonds is 10. The number of carbonyl (C=O) groups is 1. The largest absolute Gasteiger partial charge is 0.493 e. The van der Waals surface area contributed by atoms with Crippen molar-refractivity contribution in [1.82, 2.24) is 4.98 Å². The molecule has 2 aromatic carbocycles. The zero-order valence-electron chi connectivity index (χ0n) is 19.1. The van der Waals surface area contributed by atoms with Gasteiger partial charge in [0.05, 0.1) is 26.0 Å². The molecule has 7 nitrogen and oxygen atoms in total. The third kappa shape index (κ3) is 5.60. The third-order valence-corrected chi connectivity index (χ3v) is 4.79. The number of nitrogens with zero attached hydrogens (tertiary/aromatic N) is 1. The van der Waals surface area contributed by atoms with Crippen LogP contribution >= 0.6 is 0 Å². The first-order chi connectivity index (χ1) is 15.3. The zero-order chi connectivity index (χ0) is 23.1. The van der Waals surface area contributed by atoms with Crippen LogP contribution in [0.25, 0.3) is 11.5 Å². The van der Waals surface area contributed by atoms with Crippen molar-refractivity contribution >= 4 is 5.97 Å². The van der Waals surface area contributed by atoms with Crippen molar-refractivity contribution in [3.63, 3.8) is 0 Å². The molecular weight excluding hydrogens is 410 g/mol. The molecule has 0 N–H and O–H groups in total. The average Bonchev–Trinajstić information content (AvgIpc) is 3.15. The number of aryl methyl sites for hydroxylation is 1. The van der Waals surface area contributed by atoms with E-state index in [0.29, 0.717) is 36.2 Å². The fourth-order valence-electron chi connectivity index (χ4n) is 3.07. The van der Waals surface area contributed by atoms with Crippen molar-refractivity contribution in [2.24, 2.45) is 0 Å². The van der Waals surface area contributed by atoms with Crippen molar-refractivity contribution < 1.29 is 28.2 Å². The highest BCUT2D eigenvalue weighted by Crippen LogP contribution is 2.34. The number of oxazole rings is 1. The van der Waals surface area contributed by atoms with Crippen LogP contribution in [0.4, 0.5) is 0 Å². The molecule has 3 rings (SSSR count). The van der Waals surface area contributed by atoms with Crippen molar-refractivity contribution in [2.75, 3.05) is 20.3 Å². The summed E-state index contributed by atoms with van der Waals surface area (Å²) in [7, 11) is 1.53. The highest BCUT2D eigenvalue weighted by Gasteiger charge is 2.32. The van der Waals surface area contributed by atoms with Crippen LogP contribution in [0, 0.1) is 6.92 Å². The second kappa shape index (κ2) is 10.2. The summed E-state index contributed by atoms with van der Waals surface area (Å²) >= 11 is 0. The minimum absolute atomic E-state index is 0.285. The van der Waals surface area contributed by atoms with Gasteiger partial charge in [-0.3, -0.25) is 0 Å². The lowest BCUT2D eigenvalue weighted by Gasteiger charge is -2.25. The number of esters is 1. The van der Waals surface area contributed by atoms with Gasteiger partial charge in [-0.1, -0.05) is 18.2 Å². The van der Waals surface area contributed by atoms with Crippen LogP contribution in [0.2, 0.25) is 0 Å². The fraction of sp³-hybridized carbons (Fsp3) is 0.360. The van der Waals surface area contributed by atoms with E-state index < -0.39 is 11.6 Å². The van der Waals surface area contributed by atoms with E-state index in [2.05, 4.69) is 4.98 Å². The van der Waals surface area contributed by atoms with Gasteiger partial charge >= 0.3 is 5.97 Å². The van der Waals surface area contributed by atoms with Crippen LogP contribution in [0.1, 0.15) is 32.2 Å². The van der Waals surface area contributed by atoms with E-state index in [9.17, 15) is 4.79 Å². The number of hydrogen-bond donors (Lipinski definition) is 0. The molecule has 0 spiro atoms. The lowest BCUT2D eigenvalue weighted by molar-refractivity contribution is -0.158. The maximum atomic E-state index is 12.1. The Morgan fingerprint density at radius 3 is 2.53 bits per heavy atom. The maximum absolute atomic E-state index is 12.1. The Bertz CT molecular complexity index is 1040. The Morgan fingerprint density at radius 1 is 1.09 bits per heavy atom. The Morgan fingerprint density at radius 2 is 1.84 bits per heavy atom. The van der Waals surface area contributed by atoms with Crippen molar-refractivity contribution in [1.29, 1.82) is 0 Å². The molecule has 1 heterocycles. The molecule has 0 radical (unpaired) electrons. The standard InChI is InChI=1S/C25H29NO6/c1-6-29-24(27)25(3,4)32-21-13-12-19(16-22(21)28-5)30-15-14-20-17(2)31-23(26-20)18-10-8-7-9-11-18/h7-13,16H,6,14-15H2,1-5H3. The Balaban J connectivity index is 1.63. The van der Waals surface area contributed by atoms with E-state index >= 15 is 0 Å². The monoisotopic (exact) mass is 439 g/mol. The van der Waals surface area contributed by atoms with Crippen molar-refractivity contribution in [3.8, 4) is 28.7 Å². The molecule has 0 bridgehead atoms. The smallest absolute Gasteiger partial charge is 0.349 e. The molecule has 1 aromatic heterocycles. The normalized spacial score (nSPS) is 11.2. The topological polar surface area (TPSA) is 80.0 Å². The molecule has 0 aliphatic carbocycles. The van der Waals surface area contributed by atoms with Gasteiger partial charge in [0.25, 0.3) is 0 Å². The summed E-state index contributed by atoms with van der Waals surface area (Å²) in [5.74, 6) is 2.44. The first-order valence-electron chi connectivity index (χ1n) is 10.5. The van der Waals surface area contributed by atoms with E-state index in [1.54, 1.807) is 39.0 Å². The predicted octanol–water partition coefficient (Wildman–Crippen LogP) is 5.00. The average molecular weight is 440 g/mol. The molecule has 0 amide bonds. The molecule has 0 unspecified atom stereocenters. The molecular formula is C25H29NO6. The first-order valence-corrected chi connectivity index (χ1v) is 10.5. The van der Waals surface area contributed by atoms with Crippen LogP contribution in [-0.4, -0.2) is 36.9 Å². The molecule has 0 aliphatic rings. The summed E-state index contributed by atoms with van der Waals surface area (Å²) < 4.78 is 28.0. The minimum atomic E-state index is -1.15. The summed E-state index contributed by atoms with van der Waals surface area (Å²) in [5.41, 5.74) is 0.646. The van der Waals surface area contributed by atoms with Gasteiger partial charge in [0.2, 0.25) is 5.89 Å². The Kier molecular flexibility index (Phi) is 7.41. The number of benzene rings is 2. The van der Waals surface area contributed by atoms with E-state index in [1.807, 2.05) is 37.3 Å². The number of hydrogen-bond acceptors (Lipinski definition) is 7. The van der Waals surface area contributed by atoms with Gasteiger partial charge in [0.15, 0.2) is 17.1 Å². The van der Waals surface area contributed by atoms with Crippen LogP contribution in [0.5, 0.6) is 17.2 Å². The van der Waals surface area contributed by atoms with E-state index in [1.165, 1.54) is 7.11 Å². The molecule has 0 saturated heterocycles. The third-order valence-electron chi connectivity index (χ3n) is 4.79. The van der Waals surface area contributed by atoms with Gasteiger partial charge < -0.3 is 23.4 Å². The number of ether oxygens (including phenoxy) is 4. The maximum Gasteiger partial charge on any atom is 0.349 e. The summed E-state index contributed by atoms with van der Waals surface area (Å²) in [6.07, 6.45) is 0.596. The molecule has 0 aliphatic heterocycles. The van der Waals surface area contributed by atoms with Crippen LogP contribution in [0.3, 0.4) is 0 Å². The number of carbonyl (C=O) groups excluding carboxylic acids is 1. The van der Waals surface area contributed by atoms with Crippen LogP contribution in [0.15, 0.2) is 52.9 Å². The van der Waals surface area contributed by atoms with Gasteiger partial charge in [-0.05, 0) is 52.0 Å². The SMILES string of the molecule is CCOC(=O)C(C)(C)Oc1ccc(OCCc2nc(-c3ccccc3)oc2C)cc1OC. The van der Waals surface area contributed by atoms with Crippen molar-refractivity contribution in [3.05, 3.63) is 60.0 Å². The first kappa shape index (κ1) is 23.2. The molecule has 0 atom stereocenters. The lowest BCUT2D eigenvalue weighted by atomic mass is 10.1. The molecule has 3 aromatic rings. The summed E-state index contributed by atoms with van der Waals surface area (Å²) in [6.45, 7) is 7.66. The highest BCUT2D eigenvalue weighted by molar-refractivity contribution is 5.79. The lowest BCUT2D eigenvalue weighted by Crippen LogP contribution is -2.39. The molecule has 0 fully saturated rings. The number of methoxy groups -OCH3 is 1. The van der Waals surface area contributed by atoms with Gasteiger partial charge in [-0.25, -0.2) is 9.78 Å². The summed E-state index contributed by atoms with van der Waals surface area (Å²) in [5, 5.41) is 0. The molecule has 7 heteroatoms. The van der Waals surface area contributed by atoms with Gasteiger partial charge in [0, 0.05) is 18.1 Å². The molecule has 0 saturated carbocycles. The highest BCUT2D eigenvalue weighted by atomic mass is 16.6. The zero-order valence-corrected chi connectivity index (χ0v) is 19.1. The molecule has 170 valence electrons. The second-order valence-corrected chi connectivity index (χ2v) is 7.63. The second-order valence-electron chi connectivity index (χ2n) is 7.63. The van der Waals surface area contributed by atoms with Gasteiger partial charge in [0.1, 0.15) is 11.5 Å². The van der Waals surface area contributed by atoms with Gasteiger partial charge in [-0.2, -0.15) is 0 Å². The quantitative estimate of drug-likeness (QED) is 0.411. The van der Waals surface area contributed by atoms with Crippen LogP contribution < -0.4 is 14.2 Å². The number of aromatic nitrogens is 1. The van der Waals surface area contributed by atoms with Crippen molar-refractivity contribution in [2.45, 2.75) is 39.7 Å². The van der Waals surface area contributed by atoms with E-state index in [0.717, 1.165) is 17.0 Å². The summed E-state index contributed by atoms with van der Waals surface area (Å²) in [6, 6.07) is 15.0. The van der Waals surface area contributed by atoms with Crippen LogP contribution in [-0.2, 0) is 16.0 Å². The summed E-state index contributed by atoms with van der Waals surface area (Å²) in [4.78, 5) is 16.7. The Labute approximate surface area is 188 Å². The predicted molar refractivity (Wildman–Crippen MR) is 120 cm³/mol.